The molecule has 8 rings (SSSR count). The van der Waals surface area contributed by atoms with Crippen LogP contribution in [0.3, 0.4) is 0 Å². The molecule has 0 heterocycles. The highest BCUT2D eigenvalue weighted by Crippen LogP contribution is 2.19. The molecule has 0 saturated carbocycles. The number of aryl methyl sites for hydroxylation is 14. The molecule has 0 amide bonds. The van der Waals surface area contributed by atoms with Crippen LogP contribution >= 0.6 is 0 Å². The average molecular weight is 1050 g/mol. The molecule has 0 unspecified atom stereocenters. The van der Waals surface area contributed by atoms with Crippen LogP contribution in [0.15, 0.2) is 182 Å². The highest BCUT2D eigenvalue weighted by Gasteiger charge is 2.01. The third-order valence-corrected chi connectivity index (χ3v) is 13.9. The van der Waals surface area contributed by atoms with Gasteiger partial charge < -0.3 is 0 Å². The highest BCUT2D eigenvalue weighted by molar-refractivity contribution is 5.32. The van der Waals surface area contributed by atoms with E-state index in [0.29, 0.717) is 17.8 Å². The predicted octanol–water partition coefficient (Wildman–Crippen LogP) is 23.4. The van der Waals surface area contributed by atoms with E-state index >= 15 is 0 Å². The zero-order valence-electron chi connectivity index (χ0n) is 52.6. The van der Waals surface area contributed by atoms with Gasteiger partial charge >= 0.3 is 0 Å². The summed E-state index contributed by atoms with van der Waals surface area (Å²) in [5, 5.41) is 0. The molecule has 422 valence electrons. The molecule has 0 bridgehead atoms. The SMILES string of the molecule is C.CC(C)c1ccc(C(C)C)cc1.CCc1ccc(C(C)C)cc1.CCc1ccc(CC)cc1.CCc1cccc(CC)c1.Cc1ccc(C)c(C)c1.Cc1ccc(C)cc1.Cc1cccc(C)c1.Cc1cccc(C)c1C. The Hall–Kier alpha value is -6.24. The topological polar surface area (TPSA) is 0 Å². The first-order chi connectivity index (χ1) is 36.6. The maximum Gasteiger partial charge on any atom is -0.0219 e. The molecule has 0 aliphatic rings. The van der Waals surface area contributed by atoms with Crippen molar-refractivity contribution < 1.29 is 0 Å². The Kier molecular flexibility index (Phi) is 37.6. The fourth-order valence-electron chi connectivity index (χ4n) is 7.72. The van der Waals surface area contributed by atoms with E-state index < -0.39 is 0 Å². The average Bonchev–Trinajstić information content (AvgIpc) is 3.43. The van der Waals surface area contributed by atoms with Gasteiger partial charge in [0.25, 0.3) is 0 Å². The second-order valence-corrected chi connectivity index (χ2v) is 21.7. The van der Waals surface area contributed by atoms with E-state index in [1.807, 2.05) is 0 Å². The van der Waals surface area contributed by atoms with Crippen molar-refractivity contribution in [3.8, 4) is 0 Å². The number of rotatable bonds is 8. The fraction of sp³-hybridized carbons (Fsp3) is 0.385. The van der Waals surface area contributed by atoms with Crippen LogP contribution in [0.5, 0.6) is 0 Å². The lowest BCUT2D eigenvalue weighted by Gasteiger charge is -2.08. The van der Waals surface area contributed by atoms with E-state index in [9.17, 15) is 0 Å². The summed E-state index contributed by atoms with van der Waals surface area (Å²) in [5.74, 6) is 1.94. The van der Waals surface area contributed by atoms with Crippen LogP contribution in [-0.4, -0.2) is 0 Å². The van der Waals surface area contributed by atoms with Crippen molar-refractivity contribution in [2.24, 2.45) is 0 Å². The summed E-state index contributed by atoms with van der Waals surface area (Å²) in [4.78, 5) is 0. The highest BCUT2D eigenvalue weighted by atomic mass is 14.1. The lowest BCUT2D eigenvalue weighted by molar-refractivity contribution is 0.845. The standard InChI is InChI=1S/C12H18.C11H16.2C10H14.2C9H12.2C8H10.CH4/c1-9(2)11-5-7-12(8-6-11)10(3)4;1-4-10-5-7-11(8-6-10)9(2)3;1-3-9-5-7-10(4-2)8-6-9;1-3-9-6-5-7-10(4-2)8-9;1-7-4-5-8(2)9(3)6-7;1-7-5-4-6-8(2)9(7)3;1-7-3-5-8(2)6-4-7;1-7-4-3-5-8(2)6-7;/h5-10H,1-4H3;5-9H,4H2,1-3H3;2*5-8H,3-4H2,1-2H3;2*4-6H,1-3H3;2*3-6H,1-2H3;1H4. The van der Waals surface area contributed by atoms with Gasteiger partial charge in [0.1, 0.15) is 0 Å². The van der Waals surface area contributed by atoms with E-state index in [1.54, 1.807) is 0 Å². The second kappa shape index (κ2) is 40.9. The van der Waals surface area contributed by atoms with E-state index in [1.165, 1.54) is 100 Å². The smallest absolute Gasteiger partial charge is 0.0219 e. The van der Waals surface area contributed by atoms with Crippen LogP contribution in [0.2, 0.25) is 0 Å². The van der Waals surface area contributed by atoms with Crippen molar-refractivity contribution in [1.82, 2.24) is 0 Å². The molecule has 0 aliphatic carbocycles. The van der Waals surface area contributed by atoms with E-state index in [2.05, 4.69) is 327 Å². The van der Waals surface area contributed by atoms with Gasteiger partial charge in [-0.3, -0.25) is 0 Å². The van der Waals surface area contributed by atoms with Gasteiger partial charge in [-0.1, -0.05) is 293 Å². The summed E-state index contributed by atoms with van der Waals surface area (Å²) in [7, 11) is 0. The lowest BCUT2D eigenvalue weighted by atomic mass is 9.97. The normalized spacial score (nSPS) is 9.85. The Morgan fingerprint density at radius 1 is 0.244 bits per heavy atom. The first-order valence-corrected chi connectivity index (χ1v) is 29.0. The molecule has 0 spiro atoms. The summed E-state index contributed by atoms with van der Waals surface area (Å²) < 4.78 is 0. The molecule has 0 atom stereocenters. The lowest BCUT2D eigenvalue weighted by Crippen LogP contribution is -1.90. The van der Waals surface area contributed by atoms with E-state index in [4.69, 9.17) is 0 Å². The first-order valence-electron chi connectivity index (χ1n) is 29.0. The van der Waals surface area contributed by atoms with Crippen molar-refractivity contribution >= 4 is 0 Å². The quantitative estimate of drug-likeness (QED) is 0.142. The van der Waals surface area contributed by atoms with Crippen molar-refractivity contribution in [2.45, 2.75) is 203 Å². The fourth-order valence-corrected chi connectivity index (χ4v) is 7.72. The van der Waals surface area contributed by atoms with Crippen LogP contribution in [0.1, 0.15) is 201 Å². The molecular weight excluding hydrogens is 937 g/mol. The molecule has 0 radical (unpaired) electrons. The van der Waals surface area contributed by atoms with E-state index in [0.717, 1.165) is 32.1 Å². The molecule has 8 aromatic carbocycles. The molecule has 0 fully saturated rings. The van der Waals surface area contributed by atoms with Gasteiger partial charge in [-0.15, -0.1) is 0 Å². The summed E-state index contributed by atoms with van der Waals surface area (Å²) in [6.07, 6.45) is 5.72. The van der Waals surface area contributed by atoms with Gasteiger partial charge in [0.05, 0.1) is 0 Å². The Morgan fingerprint density at radius 3 is 0.795 bits per heavy atom. The van der Waals surface area contributed by atoms with Gasteiger partial charge in [0.15, 0.2) is 0 Å². The van der Waals surface area contributed by atoms with Gasteiger partial charge in [-0.25, -0.2) is 0 Å². The monoisotopic (exact) mass is 1050 g/mol. The van der Waals surface area contributed by atoms with E-state index in [-0.39, 0.29) is 7.43 Å². The third-order valence-electron chi connectivity index (χ3n) is 13.9. The van der Waals surface area contributed by atoms with Gasteiger partial charge in [0.2, 0.25) is 0 Å². The van der Waals surface area contributed by atoms with Crippen LogP contribution in [-0.2, 0) is 32.1 Å². The van der Waals surface area contributed by atoms with Crippen molar-refractivity contribution in [1.29, 1.82) is 0 Å². The molecule has 8 aromatic rings. The third kappa shape index (κ3) is 31.2. The zero-order valence-corrected chi connectivity index (χ0v) is 52.6. The van der Waals surface area contributed by atoms with Crippen LogP contribution in [0, 0.1) is 69.2 Å². The summed E-state index contributed by atoms with van der Waals surface area (Å²) in [5.41, 5.74) is 25.1. The maximum atomic E-state index is 2.28. The first kappa shape index (κ1) is 71.8. The number of benzene rings is 8. The molecule has 0 aromatic heterocycles. The Labute approximate surface area is 482 Å². The maximum absolute atomic E-state index is 2.28. The predicted molar refractivity (Wildman–Crippen MR) is 355 cm³/mol. The van der Waals surface area contributed by atoms with Gasteiger partial charge in [0, 0.05) is 0 Å². The summed E-state index contributed by atoms with van der Waals surface area (Å²) in [6.45, 7) is 45.5. The molecule has 78 heavy (non-hydrogen) atoms. The second-order valence-electron chi connectivity index (χ2n) is 21.7. The molecule has 0 saturated heterocycles. The van der Waals surface area contributed by atoms with Crippen LogP contribution in [0.25, 0.3) is 0 Å². The van der Waals surface area contributed by atoms with Crippen molar-refractivity contribution in [2.75, 3.05) is 0 Å². The summed E-state index contributed by atoms with van der Waals surface area (Å²) >= 11 is 0. The minimum Gasteiger partial charge on any atom is -0.0776 e. The number of hydrogen-bond donors (Lipinski definition) is 0. The molecule has 0 aliphatic heterocycles. The minimum atomic E-state index is 0. The van der Waals surface area contributed by atoms with Gasteiger partial charge in [-0.05, 0) is 191 Å². The van der Waals surface area contributed by atoms with Crippen LogP contribution < -0.4 is 0 Å². The largest absolute Gasteiger partial charge is 0.0776 e. The molecular formula is C78H110. The Morgan fingerprint density at radius 2 is 0.526 bits per heavy atom. The van der Waals surface area contributed by atoms with Crippen LogP contribution in [0.4, 0.5) is 0 Å². The number of hydrogen-bond acceptors (Lipinski definition) is 0. The summed E-state index contributed by atoms with van der Waals surface area (Å²) in [6, 6.07) is 65.2. The van der Waals surface area contributed by atoms with Crippen molar-refractivity contribution in [3.63, 3.8) is 0 Å². The van der Waals surface area contributed by atoms with Gasteiger partial charge in [-0.2, -0.15) is 0 Å². The molecule has 0 heteroatoms. The molecule has 0 N–H and O–H groups in total. The van der Waals surface area contributed by atoms with Crippen molar-refractivity contribution in [3.05, 3.63) is 282 Å². The zero-order chi connectivity index (χ0) is 57.9. The Balaban J connectivity index is 0.000000870. The minimum absolute atomic E-state index is 0. The Bertz CT molecular complexity index is 2610. The molecule has 0 nitrogen and oxygen atoms in total.